The number of esters is 1. The minimum absolute atomic E-state index is 0.0203. The summed E-state index contributed by atoms with van der Waals surface area (Å²) < 4.78 is 5.27. The van der Waals surface area contributed by atoms with Gasteiger partial charge >= 0.3 is 11.9 Å². The first-order valence-electron chi connectivity index (χ1n) is 6.44. The lowest BCUT2D eigenvalue weighted by Crippen LogP contribution is -2.24. The van der Waals surface area contributed by atoms with Crippen molar-refractivity contribution < 1.29 is 19.4 Å². The van der Waals surface area contributed by atoms with Crippen LogP contribution in [0, 0.1) is 0 Å². The van der Waals surface area contributed by atoms with Gasteiger partial charge < -0.3 is 9.84 Å². The van der Waals surface area contributed by atoms with Crippen molar-refractivity contribution in [3.63, 3.8) is 0 Å². The fourth-order valence-corrected chi connectivity index (χ4v) is 2.80. The second kappa shape index (κ2) is 5.69. The van der Waals surface area contributed by atoms with Gasteiger partial charge in [-0.25, -0.2) is 9.59 Å². The molecule has 0 amide bonds. The maximum Gasteiger partial charge on any atom is 0.349 e. The maximum absolute atomic E-state index is 12.2. The standard InChI is InChI=1S/C16H16O4S/c1-16(2,3)20-15(19)13-11(14(17)18)9-12(21-13)10-7-5-4-6-8-10/h4-9H,1-3H3,(H,17,18). The van der Waals surface area contributed by atoms with Gasteiger partial charge in [-0.1, -0.05) is 30.3 Å². The lowest BCUT2D eigenvalue weighted by molar-refractivity contribution is 0.00718. The molecule has 0 unspecified atom stereocenters. The number of ether oxygens (including phenoxy) is 1. The molecule has 1 N–H and O–H groups in total. The second-order valence-electron chi connectivity index (χ2n) is 5.53. The molecule has 0 aliphatic carbocycles. The number of hydrogen-bond acceptors (Lipinski definition) is 4. The Morgan fingerprint density at radius 1 is 1.14 bits per heavy atom. The van der Waals surface area contributed by atoms with Gasteiger partial charge in [0.1, 0.15) is 10.5 Å². The van der Waals surface area contributed by atoms with Crippen molar-refractivity contribution in [2.45, 2.75) is 26.4 Å². The highest BCUT2D eigenvalue weighted by Crippen LogP contribution is 2.32. The lowest BCUT2D eigenvalue weighted by atomic mass is 10.1. The number of aromatic carboxylic acids is 1. The molecule has 0 bridgehead atoms. The molecule has 21 heavy (non-hydrogen) atoms. The SMILES string of the molecule is CC(C)(C)OC(=O)c1sc(-c2ccccc2)cc1C(=O)O. The van der Waals surface area contributed by atoms with Gasteiger partial charge in [0.25, 0.3) is 0 Å². The molecule has 4 nitrogen and oxygen atoms in total. The van der Waals surface area contributed by atoms with Crippen molar-refractivity contribution in [1.82, 2.24) is 0 Å². The summed E-state index contributed by atoms with van der Waals surface area (Å²) in [5.41, 5.74) is 0.192. The maximum atomic E-state index is 12.2. The highest BCUT2D eigenvalue weighted by atomic mass is 32.1. The Kier molecular flexibility index (Phi) is 4.14. The highest BCUT2D eigenvalue weighted by Gasteiger charge is 2.26. The average Bonchev–Trinajstić information content (AvgIpc) is 2.83. The molecule has 0 aliphatic rings. The summed E-state index contributed by atoms with van der Waals surface area (Å²) in [5.74, 6) is -1.73. The molecule has 0 spiro atoms. The van der Waals surface area contributed by atoms with Gasteiger partial charge in [-0.2, -0.15) is 0 Å². The number of benzene rings is 1. The van der Waals surface area contributed by atoms with E-state index in [4.69, 9.17) is 4.74 Å². The molecular weight excluding hydrogens is 288 g/mol. The van der Waals surface area contributed by atoms with Crippen LogP contribution in [-0.4, -0.2) is 22.6 Å². The van der Waals surface area contributed by atoms with Gasteiger partial charge in [0.2, 0.25) is 0 Å². The van der Waals surface area contributed by atoms with E-state index in [1.165, 1.54) is 6.07 Å². The first-order valence-corrected chi connectivity index (χ1v) is 7.25. The molecule has 0 radical (unpaired) electrons. The molecule has 0 atom stereocenters. The first-order chi connectivity index (χ1) is 9.78. The Morgan fingerprint density at radius 3 is 2.29 bits per heavy atom. The average molecular weight is 304 g/mol. The molecule has 110 valence electrons. The topological polar surface area (TPSA) is 63.6 Å². The summed E-state index contributed by atoms with van der Waals surface area (Å²) in [6, 6.07) is 10.9. The van der Waals surface area contributed by atoms with Crippen molar-refractivity contribution in [2.75, 3.05) is 0 Å². The molecule has 1 aromatic heterocycles. The van der Waals surface area contributed by atoms with Gasteiger partial charge in [0, 0.05) is 4.88 Å². The number of rotatable bonds is 3. The number of carboxylic acids is 1. The zero-order valence-electron chi connectivity index (χ0n) is 12.0. The van der Waals surface area contributed by atoms with Gasteiger partial charge in [-0.3, -0.25) is 0 Å². The molecule has 2 aromatic rings. The van der Waals surface area contributed by atoms with Crippen LogP contribution >= 0.6 is 11.3 Å². The largest absolute Gasteiger partial charge is 0.478 e. The van der Waals surface area contributed by atoms with E-state index in [1.807, 2.05) is 30.3 Å². The zero-order chi connectivity index (χ0) is 15.6. The highest BCUT2D eigenvalue weighted by molar-refractivity contribution is 7.17. The van der Waals surface area contributed by atoms with E-state index in [9.17, 15) is 14.7 Å². The van der Waals surface area contributed by atoms with Crippen LogP contribution in [0.1, 0.15) is 40.8 Å². The molecule has 1 aromatic carbocycles. The Bertz CT molecular complexity index is 665. The second-order valence-corrected chi connectivity index (χ2v) is 6.58. The van der Waals surface area contributed by atoms with Crippen LogP contribution in [0.4, 0.5) is 0 Å². The van der Waals surface area contributed by atoms with Crippen LogP contribution in [-0.2, 0) is 4.74 Å². The number of carboxylic acid groups (broad SMARTS) is 1. The smallest absolute Gasteiger partial charge is 0.349 e. The van der Waals surface area contributed by atoms with Crippen molar-refractivity contribution in [2.24, 2.45) is 0 Å². The number of hydrogen-bond donors (Lipinski definition) is 1. The van der Waals surface area contributed by atoms with Crippen LogP contribution < -0.4 is 0 Å². The van der Waals surface area contributed by atoms with Crippen LogP contribution in [0.3, 0.4) is 0 Å². The fraction of sp³-hybridized carbons (Fsp3) is 0.250. The third-order valence-corrected chi connectivity index (χ3v) is 3.77. The third kappa shape index (κ3) is 3.70. The minimum Gasteiger partial charge on any atom is -0.478 e. The third-order valence-electron chi connectivity index (χ3n) is 2.61. The van der Waals surface area contributed by atoms with Crippen molar-refractivity contribution in [3.05, 3.63) is 46.8 Å². The Balaban J connectivity index is 2.44. The fourth-order valence-electron chi connectivity index (χ4n) is 1.77. The number of carbonyl (C=O) groups excluding carboxylic acids is 1. The normalized spacial score (nSPS) is 11.2. The van der Waals surface area contributed by atoms with Gasteiger partial charge in [-0.05, 0) is 32.4 Å². The van der Waals surface area contributed by atoms with Gasteiger partial charge in [0.15, 0.2) is 0 Å². The molecule has 1 heterocycles. The van der Waals surface area contributed by atoms with E-state index < -0.39 is 17.5 Å². The van der Waals surface area contributed by atoms with Gasteiger partial charge in [0.05, 0.1) is 5.56 Å². The lowest BCUT2D eigenvalue weighted by Gasteiger charge is -2.19. The Morgan fingerprint density at radius 2 is 1.76 bits per heavy atom. The predicted molar refractivity (Wildman–Crippen MR) is 81.9 cm³/mol. The van der Waals surface area contributed by atoms with Crippen molar-refractivity contribution in [3.8, 4) is 10.4 Å². The Hall–Kier alpha value is -2.14. The summed E-state index contributed by atoms with van der Waals surface area (Å²) in [6.07, 6.45) is 0. The molecule has 0 saturated heterocycles. The number of carbonyl (C=O) groups is 2. The van der Waals surface area contributed by atoms with E-state index in [0.717, 1.165) is 21.8 Å². The van der Waals surface area contributed by atoms with Crippen LogP contribution in [0.25, 0.3) is 10.4 Å². The van der Waals surface area contributed by atoms with E-state index in [0.29, 0.717) is 0 Å². The zero-order valence-corrected chi connectivity index (χ0v) is 12.9. The summed E-state index contributed by atoms with van der Waals surface area (Å²) in [4.78, 5) is 24.3. The van der Waals surface area contributed by atoms with E-state index in [2.05, 4.69) is 0 Å². The van der Waals surface area contributed by atoms with Crippen molar-refractivity contribution >= 4 is 23.3 Å². The van der Waals surface area contributed by atoms with Crippen molar-refractivity contribution in [1.29, 1.82) is 0 Å². The minimum atomic E-state index is -1.13. The summed E-state index contributed by atoms with van der Waals surface area (Å²) in [7, 11) is 0. The quantitative estimate of drug-likeness (QED) is 0.868. The van der Waals surface area contributed by atoms with Crippen LogP contribution in [0.15, 0.2) is 36.4 Å². The summed E-state index contributed by atoms with van der Waals surface area (Å²) in [6.45, 7) is 5.24. The molecular formula is C16H16O4S. The monoisotopic (exact) mass is 304 g/mol. The number of thiophene rings is 1. The predicted octanol–water partition coefficient (Wildman–Crippen LogP) is 4.07. The molecule has 0 saturated carbocycles. The van der Waals surface area contributed by atoms with E-state index >= 15 is 0 Å². The van der Waals surface area contributed by atoms with E-state index in [-0.39, 0.29) is 10.4 Å². The Labute approximate surface area is 127 Å². The molecule has 5 heteroatoms. The molecule has 0 fully saturated rings. The van der Waals surface area contributed by atoms with Crippen LogP contribution in [0.2, 0.25) is 0 Å². The van der Waals surface area contributed by atoms with E-state index in [1.54, 1.807) is 20.8 Å². The molecule has 2 rings (SSSR count). The van der Waals surface area contributed by atoms with Crippen LogP contribution in [0.5, 0.6) is 0 Å². The van der Waals surface area contributed by atoms with Gasteiger partial charge in [-0.15, -0.1) is 11.3 Å². The summed E-state index contributed by atoms with van der Waals surface area (Å²) in [5, 5.41) is 9.27. The summed E-state index contributed by atoms with van der Waals surface area (Å²) >= 11 is 1.13. The molecule has 0 aliphatic heterocycles. The first kappa shape index (κ1) is 15.3.